The first-order chi connectivity index (χ1) is 16.3. The van der Waals surface area contributed by atoms with Crippen molar-refractivity contribution < 1.29 is 19.1 Å². The maximum Gasteiger partial charge on any atom is 0.258 e. The number of nitrogens with zero attached hydrogens (tertiary/aromatic N) is 2. The van der Waals surface area contributed by atoms with Crippen LogP contribution in [0, 0.1) is 0 Å². The normalized spacial score (nSPS) is 17.0. The van der Waals surface area contributed by atoms with Gasteiger partial charge in [0.2, 0.25) is 11.8 Å². The van der Waals surface area contributed by atoms with Crippen molar-refractivity contribution in [3.63, 3.8) is 0 Å². The van der Waals surface area contributed by atoms with Crippen LogP contribution in [-0.2, 0) is 4.79 Å². The summed E-state index contributed by atoms with van der Waals surface area (Å²) in [6.07, 6.45) is 0.527. The van der Waals surface area contributed by atoms with Crippen molar-refractivity contribution in [2.75, 3.05) is 16.9 Å². The van der Waals surface area contributed by atoms with Gasteiger partial charge in [-0.3, -0.25) is 14.4 Å². The highest BCUT2D eigenvalue weighted by molar-refractivity contribution is 6.07. The predicted octanol–water partition coefficient (Wildman–Crippen LogP) is 4.33. The van der Waals surface area contributed by atoms with Gasteiger partial charge in [-0.1, -0.05) is 24.3 Å². The molecule has 3 aromatic carbocycles. The third kappa shape index (κ3) is 4.24. The number of para-hydroxylation sites is 1. The minimum absolute atomic E-state index is 0.119. The number of benzene rings is 3. The first kappa shape index (κ1) is 23.0. The zero-order valence-electron chi connectivity index (χ0n) is 19.4. The number of carbonyl (C=O) groups is 3. The molecule has 3 aromatic rings. The van der Waals surface area contributed by atoms with Crippen LogP contribution < -0.4 is 20.3 Å². The second-order valence-electron chi connectivity index (χ2n) is 8.37. The Morgan fingerprint density at radius 3 is 2.32 bits per heavy atom. The lowest BCUT2D eigenvalue weighted by molar-refractivity contribution is -0.117. The van der Waals surface area contributed by atoms with E-state index >= 15 is 0 Å². The summed E-state index contributed by atoms with van der Waals surface area (Å²) in [6, 6.07) is 20.9. The molecule has 174 valence electrons. The Morgan fingerprint density at radius 2 is 1.68 bits per heavy atom. The zero-order chi connectivity index (χ0) is 24.4. The summed E-state index contributed by atoms with van der Waals surface area (Å²) in [5.74, 6) is -0.160. The first-order valence-corrected chi connectivity index (χ1v) is 11.1. The van der Waals surface area contributed by atoms with Crippen LogP contribution in [0.4, 0.5) is 11.4 Å². The molecule has 0 unspecified atom stereocenters. The molecule has 1 aliphatic heterocycles. The van der Waals surface area contributed by atoms with Crippen LogP contribution in [0.15, 0.2) is 72.8 Å². The number of rotatable bonds is 5. The standard InChI is InChI=1S/C27H27N3O4/c1-17-15-25(30(18(2)31)21-8-6-7-20(16-21)26(28)32)23-9-4-5-10-24(23)29(17)27(33)19-11-13-22(34-3)14-12-19/h4-14,16-17,25H,15H2,1-3H3,(H2,28,32)/t17-,25+/m1/s1. The smallest absolute Gasteiger partial charge is 0.258 e. The van der Waals surface area contributed by atoms with Crippen LogP contribution in [-0.4, -0.2) is 30.9 Å². The molecule has 0 saturated carbocycles. The summed E-state index contributed by atoms with van der Waals surface area (Å²) in [7, 11) is 1.58. The summed E-state index contributed by atoms with van der Waals surface area (Å²) in [5, 5.41) is 0. The van der Waals surface area contributed by atoms with E-state index < -0.39 is 5.91 Å². The number of hydrogen-bond acceptors (Lipinski definition) is 4. The van der Waals surface area contributed by atoms with E-state index in [1.165, 1.54) is 6.92 Å². The molecule has 0 aromatic heterocycles. The van der Waals surface area contributed by atoms with Crippen LogP contribution in [0.5, 0.6) is 5.75 Å². The molecular formula is C27H27N3O4. The van der Waals surface area contributed by atoms with Gasteiger partial charge in [0.15, 0.2) is 0 Å². The van der Waals surface area contributed by atoms with Crippen molar-refractivity contribution in [1.29, 1.82) is 0 Å². The van der Waals surface area contributed by atoms with Crippen LogP contribution in [0.25, 0.3) is 0 Å². The fourth-order valence-electron chi connectivity index (χ4n) is 4.60. The van der Waals surface area contributed by atoms with E-state index in [1.54, 1.807) is 65.4 Å². The summed E-state index contributed by atoms with van der Waals surface area (Å²) >= 11 is 0. The van der Waals surface area contributed by atoms with Gasteiger partial charge < -0.3 is 20.3 Å². The lowest BCUT2D eigenvalue weighted by Crippen LogP contribution is -2.47. The molecule has 0 bridgehead atoms. The van der Waals surface area contributed by atoms with Crippen LogP contribution in [0.2, 0.25) is 0 Å². The molecule has 0 radical (unpaired) electrons. The van der Waals surface area contributed by atoms with E-state index in [4.69, 9.17) is 10.5 Å². The van der Waals surface area contributed by atoms with Gasteiger partial charge in [0.1, 0.15) is 5.75 Å². The fourth-order valence-corrected chi connectivity index (χ4v) is 4.60. The van der Waals surface area contributed by atoms with Gasteiger partial charge in [0.25, 0.3) is 5.91 Å². The van der Waals surface area contributed by atoms with E-state index in [9.17, 15) is 14.4 Å². The number of fused-ring (bicyclic) bond motifs is 1. The van der Waals surface area contributed by atoms with Crippen molar-refractivity contribution in [3.05, 3.63) is 89.5 Å². The van der Waals surface area contributed by atoms with Crippen LogP contribution >= 0.6 is 0 Å². The number of carbonyl (C=O) groups excluding carboxylic acids is 3. The number of ether oxygens (including phenoxy) is 1. The van der Waals surface area contributed by atoms with Gasteiger partial charge in [-0.05, 0) is 67.4 Å². The molecular weight excluding hydrogens is 430 g/mol. The summed E-state index contributed by atoms with van der Waals surface area (Å²) < 4.78 is 5.21. The van der Waals surface area contributed by atoms with Crippen molar-refractivity contribution in [3.8, 4) is 5.75 Å². The lowest BCUT2D eigenvalue weighted by Gasteiger charge is -2.43. The number of methoxy groups -OCH3 is 1. The monoisotopic (exact) mass is 457 g/mol. The molecule has 34 heavy (non-hydrogen) atoms. The average Bonchev–Trinajstić information content (AvgIpc) is 2.84. The second kappa shape index (κ2) is 9.39. The van der Waals surface area contributed by atoms with E-state index in [0.29, 0.717) is 29.0 Å². The highest BCUT2D eigenvalue weighted by Gasteiger charge is 2.38. The quantitative estimate of drug-likeness (QED) is 0.617. The number of nitrogens with two attached hydrogens (primary N) is 1. The summed E-state index contributed by atoms with van der Waals surface area (Å²) in [6.45, 7) is 3.47. The molecule has 0 spiro atoms. The SMILES string of the molecule is COc1ccc(C(=O)N2c3ccccc3[C@@H](N(C(C)=O)c3cccc(C(N)=O)c3)C[C@H]2C)cc1. The lowest BCUT2D eigenvalue weighted by atomic mass is 9.89. The van der Waals surface area contributed by atoms with Gasteiger partial charge in [-0.15, -0.1) is 0 Å². The third-order valence-electron chi connectivity index (χ3n) is 6.18. The Morgan fingerprint density at radius 1 is 0.971 bits per heavy atom. The molecule has 2 atom stereocenters. The van der Waals surface area contributed by atoms with Gasteiger partial charge in [0, 0.05) is 35.5 Å². The maximum absolute atomic E-state index is 13.5. The van der Waals surface area contributed by atoms with E-state index in [0.717, 1.165) is 11.3 Å². The van der Waals surface area contributed by atoms with Crippen LogP contribution in [0.1, 0.15) is 52.6 Å². The number of amides is 3. The van der Waals surface area contributed by atoms with Gasteiger partial charge in [0.05, 0.1) is 13.2 Å². The number of hydrogen-bond donors (Lipinski definition) is 1. The number of anilines is 2. The average molecular weight is 458 g/mol. The minimum atomic E-state index is -0.556. The summed E-state index contributed by atoms with van der Waals surface area (Å²) in [4.78, 5) is 41.6. The Hall–Kier alpha value is -4.13. The fraction of sp³-hybridized carbons (Fsp3) is 0.222. The molecule has 0 saturated heterocycles. The Bertz CT molecular complexity index is 1240. The van der Waals surface area contributed by atoms with Crippen molar-refractivity contribution >= 4 is 29.1 Å². The first-order valence-electron chi connectivity index (χ1n) is 11.1. The molecule has 4 rings (SSSR count). The molecule has 2 N–H and O–H groups in total. The molecule has 0 fully saturated rings. The molecule has 0 aliphatic carbocycles. The summed E-state index contributed by atoms with van der Waals surface area (Å²) in [5.41, 5.74) is 8.56. The van der Waals surface area contributed by atoms with Gasteiger partial charge in [-0.2, -0.15) is 0 Å². The largest absolute Gasteiger partial charge is 0.497 e. The second-order valence-corrected chi connectivity index (χ2v) is 8.37. The maximum atomic E-state index is 13.5. The topological polar surface area (TPSA) is 92.9 Å². The Balaban J connectivity index is 1.76. The van der Waals surface area contributed by atoms with Crippen molar-refractivity contribution in [2.24, 2.45) is 5.73 Å². The van der Waals surface area contributed by atoms with E-state index in [-0.39, 0.29) is 23.9 Å². The third-order valence-corrected chi connectivity index (χ3v) is 6.18. The van der Waals surface area contributed by atoms with E-state index in [2.05, 4.69) is 0 Å². The molecule has 1 aliphatic rings. The van der Waals surface area contributed by atoms with E-state index in [1.807, 2.05) is 31.2 Å². The molecule has 7 nitrogen and oxygen atoms in total. The molecule has 7 heteroatoms. The minimum Gasteiger partial charge on any atom is -0.497 e. The van der Waals surface area contributed by atoms with Crippen molar-refractivity contribution in [2.45, 2.75) is 32.4 Å². The van der Waals surface area contributed by atoms with Crippen LogP contribution in [0.3, 0.4) is 0 Å². The Kier molecular flexibility index (Phi) is 6.36. The highest BCUT2D eigenvalue weighted by atomic mass is 16.5. The van der Waals surface area contributed by atoms with Gasteiger partial charge in [-0.25, -0.2) is 0 Å². The Labute approximate surface area is 198 Å². The zero-order valence-corrected chi connectivity index (χ0v) is 19.4. The predicted molar refractivity (Wildman–Crippen MR) is 131 cm³/mol. The van der Waals surface area contributed by atoms with Crippen molar-refractivity contribution in [1.82, 2.24) is 0 Å². The molecule has 3 amide bonds. The number of primary amides is 1. The van der Waals surface area contributed by atoms with Gasteiger partial charge >= 0.3 is 0 Å². The highest BCUT2D eigenvalue weighted by Crippen LogP contribution is 2.42. The molecule has 1 heterocycles.